The van der Waals surface area contributed by atoms with Crippen LogP contribution in [0.5, 0.6) is 0 Å². The second-order valence-corrected chi connectivity index (χ2v) is 6.97. The molecule has 25 heavy (non-hydrogen) atoms. The third-order valence-corrected chi connectivity index (χ3v) is 4.66. The van der Waals surface area contributed by atoms with Gasteiger partial charge < -0.3 is 5.32 Å². The van der Waals surface area contributed by atoms with E-state index in [9.17, 15) is 23.3 Å². The highest BCUT2D eigenvalue weighted by molar-refractivity contribution is 7.89. The van der Waals surface area contributed by atoms with Gasteiger partial charge in [0.2, 0.25) is 10.0 Å². The van der Waals surface area contributed by atoms with Gasteiger partial charge in [-0.1, -0.05) is 12.1 Å². The number of nitriles is 1. The van der Waals surface area contributed by atoms with E-state index < -0.39 is 21.3 Å². The van der Waals surface area contributed by atoms with E-state index in [1.54, 1.807) is 12.1 Å². The lowest BCUT2D eigenvalue weighted by atomic mass is 10.1. The molecule has 2 rings (SSSR count). The normalized spacial score (nSPS) is 11.1. The van der Waals surface area contributed by atoms with Crippen LogP contribution < -0.4 is 21.7 Å². The van der Waals surface area contributed by atoms with E-state index in [2.05, 4.69) is 5.32 Å². The summed E-state index contributed by atoms with van der Waals surface area (Å²) in [6.07, 6.45) is 0.485. The van der Waals surface area contributed by atoms with Crippen molar-refractivity contribution in [1.82, 2.24) is 9.13 Å². The molecule has 0 unspecified atom stereocenters. The number of nitrogens with zero attached hydrogens (tertiary/aromatic N) is 3. The van der Waals surface area contributed by atoms with Gasteiger partial charge in [0.25, 0.3) is 5.56 Å². The third-order valence-electron chi connectivity index (χ3n) is 3.73. The van der Waals surface area contributed by atoms with Crippen molar-refractivity contribution in [1.29, 1.82) is 5.26 Å². The number of anilines is 1. The summed E-state index contributed by atoms with van der Waals surface area (Å²) in [4.78, 5) is 23.9. The van der Waals surface area contributed by atoms with Crippen LogP contribution >= 0.6 is 0 Å². The lowest BCUT2D eigenvalue weighted by molar-refractivity contribution is 0.598. The Morgan fingerprint density at radius 1 is 1.16 bits per heavy atom. The Morgan fingerprint density at radius 3 is 2.28 bits per heavy atom. The average Bonchev–Trinajstić information content (AvgIpc) is 2.57. The highest BCUT2D eigenvalue weighted by Gasteiger charge is 2.15. The van der Waals surface area contributed by atoms with Crippen molar-refractivity contribution in [3.63, 3.8) is 0 Å². The van der Waals surface area contributed by atoms with Crippen LogP contribution in [0.2, 0.25) is 0 Å². The molecule has 0 bridgehead atoms. The number of hydrogen-bond donors (Lipinski definition) is 2. The number of sulfonamides is 1. The Hall–Kier alpha value is -2.90. The van der Waals surface area contributed by atoms with Gasteiger partial charge in [-0.2, -0.15) is 5.26 Å². The summed E-state index contributed by atoms with van der Waals surface area (Å²) in [6, 6.07) is 7.86. The van der Waals surface area contributed by atoms with Gasteiger partial charge in [0.05, 0.1) is 4.90 Å². The molecule has 0 radical (unpaired) electrons. The smallest absolute Gasteiger partial charge is 0.332 e. The molecule has 0 aliphatic heterocycles. The summed E-state index contributed by atoms with van der Waals surface area (Å²) in [5, 5.41) is 17.1. The first-order chi connectivity index (χ1) is 11.7. The van der Waals surface area contributed by atoms with E-state index in [4.69, 9.17) is 5.14 Å². The number of aromatic nitrogens is 2. The molecule has 9 nitrogen and oxygen atoms in total. The molecule has 10 heteroatoms. The molecule has 2 aromatic rings. The fourth-order valence-corrected chi connectivity index (χ4v) is 2.84. The van der Waals surface area contributed by atoms with Crippen molar-refractivity contribution in [3.05, 3.63) is 56.2 Å². The van der Waals surface area contributed by atoms with Gasteiger partial charge in [-0.3, -0.25) is 13.9 Å². The molecule has 0 saturated heterocycles. The monoisotopic (exact) mass is 363 g/mol. The number of benzene rings is 1. The minimum absolute atomic E-state index is 0.0185. The molecule has 1 heterocycles. The van der Waals surface area contributed by atoms with E-state index in [0.717, 1.165) is 10.1 Å². The second kappa shape index (κ2) is 6.92. The van der Waals surface area contributed by atoms with Crippen LogP contribution in [0.25, 0.3) is 0 Å². The van der Waals surface area contributed by atoms with Crippen LogP contribution in [0.4, 0.5) is 5.82 Å². The van der Waals surface area contributed by atoms with E-state index in [1.165, 1.54) is 30.8 Å². The lowest BCUT2D eigenvalue weighted by Crippen LogP contribution is -2.40. The van der Waals surface area contributed by atoms with Crippen molar-refractivity contribution in [2.24, 2.45) is 19.2 Å². The molecule has 0 atom stereocenters. The predicted molar refractivity (Wildman–Crippen MR) is 91.6 cm³/mol. The lowest BCUT2D eigenvalue weighted by Gasteiger charge is -2.13. The molecule has 0 aliphatic rings. The van der Waals surface area contributed by atoms with Crippen LogP contribution in [0.15, 0.2) is 38.8 Å². The fourth-order valence-electron chi connectivity index (χ4n) is 2.32. The van der Waals surface area contributed by atoms with Crippen molar-refractivity contribution in [2.45, 2.75) is 11.3 Å². The van der Waals surface area contributed by atoms with E-state index >= 15 is 0 Å². The highest BCUT2D eigenvalue weighted by Crippen LogP contribution is 2.11. The number of nitrogens with two attached hydrogens (primary N) is 1. The zero-order valence-electron chi connectivity index (χ0n) is 13.7. The summed E-state index contributed by atoms with van der Waals surface area (Å²) < 4.78 is 24.5. The number of hydrogen-bond acceptors (Lipinski definition) is 6. The van der Waals surface area contributed by atoms with Crippen molar-refractivity contribution >= 4 is 15.8 Å². The third kappa shape index (κ3) is 3.78. The van der Waals surface area contributed by atoms with Crippen molar-refractivity contribution in [2.75, 3.05) is 11.9 Å². The molecule has 0 aliphatic carbocycles. The van der Waals surface area contributed by atoms with Gasteiger partial charge in [-0.05, 0) is 24.1 Å². The van der Waals surface area contributed by atoms with Crippen LogP contribution in [0, 0.1) is 11.3 Å². The molecule has 0 fully saturated rings. The van der Waals surface area contributed by atoms with E-state index in [1.807, 2.05) is 6.07 Å². The zero-order chi connectivity index (χ0) is 18.8. The van der Waals surface area contributed by atoms with Gasteiger partial charge >= 0.3 is 5.69 Å². The predicted octanol–water partition coefficient (Wildman–Crippen LogP) is -0.742. The first-order valence-corrected chi connectivity index (χ1v) is 8.77. The molecule has 1 aromatic heterocycles. The van der Waals surface area contributed by atoms with Crippen LogP contribution in [0.3, 0.4) is 0 Å². The molecule has 0 saturated carbocycles. The summed E-state index contributed by atoms with van der Waals surface area (Å²) in [5.41, 5.74) is -0.518. The van der Waals surface area contributed by atoms with Gasteiger partial charge in [0, 0.05) is 20.6 Å². The highest BCUT2D eigenvalue weighted by atomic mass is 32.2. The fraction of sp³-hybridized carbons (Fsp3) is 0.267. The van der Waals surface area contributed by atoms with Crippen molar-refractivity contribution < 1.29 is 8.42 Å². The SMILES string of the molecule is Cn1c(NCCc2ccc(S(N)(=O)=O)cc2)c(C#N)c(=O)n(C)c1=O. The Bertz CT molecular complexity index is 1060. The first kappa shape index (κ1) is 18.4. The minimum Gasteiger partial charge on any atom is -0.370 e. The first-order valence-electron chi connectivity index (χ1n) is 7.22. The zero-order valence-corrected chi connectivity index (χ0v) is 14.5. The molecule has 0 amide bonds. The van der Waals surface area contributed by atoms with Gasteiger partial charge in [0.15, 0.2) is 5.56 Å². The van der Waals surface area contributed by atoms with E-state index in [0.29, 0.717) is 13.0 Å². The molecule has 3 N–H and O–H groups in total. The van der Waals surface area contributed by atoms with Gasteiger partial charge in [-0.25, -0.2) is 18.4 Å². The van der Waals surface area contributed by atoms with Crippen LogP contribution in [-0.2, 0) is 30.5 Å². The Labute approximate surface area is 144 Å². The summed E-state index contributed by atoms with van der Waals surface area (Å²) in [6.45, 7) is 0.337. The molecule has 0 spiro atoms. The molecular formula is C15H17N5O4S. The summed E-state index contributed by atoms with van der Waals surface area (Å²) in [7, 11) is -0.966. The van der Waals surface area contributed by atoms with Crippen LogP contribution in [0.1, 0.15) is 11.1 Å². The van der Waals surface area contributed by atoms with Crippen molar-refractivity contribution in [3.8, 4) is 6.07 Å². The number of nitrogens with one attached hydrogen (secondary N) is 1. The minimum atomic E-state index is -3.74. The van der Waals surface area contributed by atoms with Gasteiger partial charge in [0.1, 0.15) is 11.9 Å². The summed E-state index contributed by atoms with van der Waals surface area (Å²) in [5.74, 6) is 0.150. The Morgan fingerprint density at radius 2 is 1.76 bits per heavy atom. The maximum absolute atomic E-state index is 12.0. The Balaban J connectivity index is 2.19. The van der Waals surface area contributed by atoms with Crippen LogP contribution in [-0.4, -0.2) is 24.1 Å². The molecule has 132 valence electrons. The number of primary sulfonamides is 1. The molecule has 1 aromatic carbocycles. The second-order valence-electron chi connectivity index (χ2n) is 5.41. The standard InChI is InChI=1S/C15H17N5O4S/c1-19-13(12(9-16)14(21)20(2)15(19)22)18-8-7-10-3-5-11(6-4-10)25(17,23)24/h3-6,18H,7-8H2,1-2H3,(H2,17,23,24). The molecular weight excluding hydrogens is 346 g/mol. The topological polar surface area (TPSA) is 140 Å². The number of rotatable bonds is 5. The van der Waals surface area contributed by atoms with E-state index in [-0.39, 0.29) is 16.3 Å². The largest absolute Gasteiger partial charge is 0.370 e. The Kier molecular flexibility index (Phi) is 5.10. The summed E-state index contributed by atoms with van der Waals surface area (Å²) >= 11 is 0. The quantitative estimate of drug-likeness (QED) is 0.717. The maximum atomic E-state index is 12.0. The van der Waals surface area contributed by atoms with Gasteiger partial charge in [-0.15, -0.1) is 0 Å². The maximum Gasteiger partial charge on any atom is 0.332 e. The average molecular weight is 363 g/mol.